The summed E-state index contributed by atoms with van der Waals surface area (Å²) in [6, 6.07) is 21.0. The van der Waals surface area contributed by atoms with Crippen molar-refractivity contribution in [2.24, 2.45) is 5.92 Å². The number of hydrogen-bond donors (Lipinski definition) is 1. The monoisotopic (exact) mass is 264 g/mol. The summed E-state index contributed by atoms with van der Waals surface area (Å²) in [5.41, 5.74) is 1.64. The van der Waals surface area contributed by atoms with Gasteiger partial charge in [0.2, 0.25) is 0 Å². The van der Waals surface area contributed by atoms with Crippen LogP contribution in [0.15, 0.2) is 60.7 Å². The second-order valence-corrected chi connectivity index (χ2v) is 6.35. The molecule has 0 saturated heterocycles. The average molecular weight is 264 g/mol. The zero-order chi connectivity index (χ0) is 13.6. The molecule has 0 spiro atoms. The largest absolute Gasteiger partial charge is 0.384 e. The van der Waals surface area contributed by atoms with E-state index in [1.54, 1.807) is 0 Å². The molecule has 2 fully saturated rings. The van der Waals surface area contributed by atoms with Crippen LogP contribution in [0.3, 0.4) is 0 Å². The molecule has 1 heteroatoms. The van der Waals surface area contributed by atoms with Crippen LogP contribution in [0, 0.1) is 5.92 Å². The molecule has 0 heterocycles. The van der Waals surface area contributed by atoms with Crippen LogP contribution in [0.1, 0.15) is 36.8 Å². The summed E-state index contributed by atoms with van der Waals surface area (Å²) >= 11 is 0. The minimum absolute atomic E-state index is 0.0831. The SMILES string of the molecule is OC1(c2ccccc2)C2CCC1(c1ccccc1)CC2. The van der Waals surface area contributed by atoms with Gasteiger partial charge < -0.3 is 5.11 Å². The van der Waals surface area contributed by atoms with Gasteiger partial charge in [-0.05, 0) is 42.7 Å². The van der Waals surface area contributed by atoms with Gasteiger partial charge in [0.05, 0.1) is 0 Å². The van der Waals surface area contributed by atoms with E-state index in [0.29, 0.717) is 5.92 Å². The van der Waals surface area contributed by atoms with Crippen molar-refractivity contribution in [1.82, 2.24) is 0 Å². The van der Waals surface area contributed by atoms with Gasteiger partial charge in [-0.15, -0.1) is 0 Å². The van der Waals surface area contributed by atoms with E-state index in [2.05, 4.69) is 42.5 Å². The lowest BCUT2D eigenvalue weighted by atomic mass is 9.67. The zero-order valence-electron chi connectivity index (χ0n) is 11.6. The summed E-state index contributed by atoms with van der Waals surface area (Å²) in [5, 5.41) is 11.7. The van der Waals surface area contributed by atoms with Gasteiger partial charge in [-0.25, -0.2) is 0 Å². The maximum Gasteiger partial charge on any atom is 0.102 e. The van der Waals surface area contributed by atoms with Crippen molar-refractivity contribution in [2.75, 3.05) is 0 Å². The van der Waals surface area contributed by atoms with E-state index in [-0.39, 0.29) is 5.41 Å². The Hall–Kier alpha value is -1.60. The lowest BCUT2D eigenvalue weighted by Gasteiger charge is -2.40. The summed E-state index contributed by atoms with van der Waals surface area (Å²) in [5.74, 6) is 0.408. The Bertz CT molecular complexity index is 557. The molecule has 2 aliphatic carbocycles. The maximum absolute atomic E-state index is 11.7. The van der Waals surface area contributed by atoms with Crippen molar-refractivity contribution in [3.8, 4) is 0 Å². The van der Waals surface area contributed by atoms with Crippen LogP contribution in [-0.4, -0.2) is 5.11 Å². The lowest BCUT2D eigenvalue weighted by Crippen LogP contribution is -2.43. The van der Waals surface area contributed by atoms with Crippen molar-refractivity contribution >= 4 is 0 Å². The van der Waals surface area contributed by atoms with Crippen LogP contribution in [0.25, 0.3) is 0 Å². The third kappa shape index (κ3) is 1.36. The third-order valence-electron chi connectivity index (χ3n) is 5.70. The van der Waals surface area contributed by atoms with Gasteiger partial charge in [-0.3, -0.25) is 0 Å². The molecule has 1 atom stereocenters. The number of rotatable bonds is 2. The number of fused-ring (bicyclic) bond motifs is 2. The quantitative estimate of drug-likeness (QED) is 0.868. The van der Waals surface area contributed by atoms with Gasteiger partial charge >= 0.3 is 0 Å². The molecule has 2 saturated carbocycles. The fourth-order valence-corrected chi connectivity index (χ4v) is 4.77. The molecule has 4 rings (SSSR count). The first-order valence-corrected chi connectivity index (χ1v) is 7.61. The summed E-state index contributed by atoms with van der Waals surface area (Å²) in [6.07, 6.45) is 4.49. The Morgan fingerprint density at radius 1 is 0.750 bits per heavy atom. The molecule has 1 nitrogen and oxygen atoms in total. The smallest absolute Gasteiger partial charge is 0.102 e. The Morgan fingerprint density at radius 3 is 1.80 bits per heavy atom. The van der Waals surface area contributed by atoms with Crippen molar-refractivity contribution in [1.29, 1.82) is 0 Å². The van der Waals surface area contributed by atoms with E-state index in [1.165, 1.54) is 5.56 Å². The molecule has 0 amide bonds. The Kier molecular flexibility index (Phi) is 2.55. The van der Waals surface area contributed by atoms with Crippen LogP contribution in [0.4, 0.5) is 0 Å². The first-order valence-electron chi connectivity index (χ1n) is 7.61. The van der Waals surface area contributed by atoms with E-state index in [4.69, 9.17) is 0 Å². The lowest BCUT2D eigenvalue weighted by molar-refractivity contribution is -0.0280. The molecule has 0 aliphatic heterocycles. The summed E-state index contributed by atoms with van der Waals surface area (Å²) in [4.78, 5) is 0. The highest BCUT2D eigenvalue weighted by Gasteiger charge is 2.64. The Morgan fingerprint density at radius 2 is 1.25 bits per heavy atom. The summed E-state index contributed by atoms with van der Waals surface area (Å²) < 4.78 is 0. The topological polar surface area (TPSA) is 20.2 Å². The fourth-order valence-electron chi connectivity index (χ4n) is 4.77. The molecular weight excluding hydrogens is 244 g/mol. The van der Waals surface area contributed by atoms with Gasteiger partial charge in [0.25, 0.3) is 0 Å². The minimum atomic E-state index is -0.685. The number of aliphatic hydroxyl groups is 1. The van der Waals surface area contributed by atoms with E-state index in [9.17, 15) is 5.11 Å². The van der Waals surface area contributed by atoms with Crippen LogP contribution in [0.2, 0.25) is 0 Å². The van der Waals surface area contributed by atoms with Gasteiger partial charge in [0.1, 0.15) is 5.60 Å². The van der Waals surface area contributed by atoms with Crippen LogP contribution in [-0.2, 0) is 11.0 Å². The highest BCUT2D eigenvalue weighted by molar-refractivity contribution is 5.41. The first kappa shape index (κ1) is 12.2. The molecule has 2 bridgehead atoms. The predicted octanol–water partition coefficient (Wildman–Crippen LogP) is 4.02. The van der Waals surface area contributed by atoms with Gasteiger partial charge in [0, 0.05) is 5.41 Å². The maximum atomic E-state index is 11.7. The molecule has 2 aromatic rings. The summed E-state index contributed by atoms with van der Waals surface area (Å²) in [6.45, 7) is 0. The van der Waals surface area contributed by atoms with Crippen LogP contribution >= 0.6 is 0 Å². The van der Waals surface area contributed by atoms with E-state index in [0.717, 1.165) is 31.2 Å². The molecule has 20 heavy (non-hydrogen) atoms. The average Bonchev–Trinajstić information content (AvgIpc) is 2.99. The normalized spacial score (nSPS) is 35.4. The van der Waals surface area contributed by atoms with E-state index in [1.807, 2.05) is 18.2 Å². The van der Waals surface area contributed by atoms with Crippen molar-refractivity contribution in [2.45, 2.75) is 36.7 Å². The van der Waals surface area contributed by atoms with Gasteiger partial charge in [-0.1, -0.05) is 60.7 Å². The van der Waals surface area contributed by atoms with Crippen molar-refractivity contribution in [3.63, 3.8) is 0 Å². The summed E-state index contributed by atoms with van der Waals surface area (Å²) in [7, 11) is 0. The second-order valence-electron chi connectivity index (χ2n) is 6.35. The highest BCUT2D eigenvalue weighted by Crippen LogP contribution is 2.65. The molecule has 2 aromatic carbocycles. The zero-order valence-corrected chi connectivity index (χ0v) is 11.6. The number of hydrogen-bond acceptors (Lipinski definition) is 1. The highest BCUT2D eigenvalue weighted by atomic mass is 16.3. The number of benzene rings is 2. The van der Waals surface area contributed by atoms with Crippen LogP contribution < -0.4 is 0 Å². The molecule has 2 aliphatic rings. The van der Waals surface area contributed by atoms with Gasteiger partial charge in [0.15, 0.2) is 0 Å². The second kappa shape index (κ2) is 4.20. The molecule has 102 valence electrons. The van der Waals surface area contributed by atoms with Crippen LogP contribution in [0.5, 0.6) is 0 Å². The molecule has 1 unspecified atom stereocenters. The first-order chi connectivity index (χ1) is 9.77. The van der Waals surface area contributed by atoms with Crippen molar-refractivity contribution < 1.29 is 5.11 Å². The third-order valence-corrected chi connectivity index (χ3v) is 5.70. The van der Waals surface area contributed by atoms with E-state index < -0.39 is 5.60 Å². The fraction of sp³-hybridized carbons (Fsp3) is 0.368. The standard InChI is InChI=1S/C19H20O/c20-19(16-9-5-2-6-10-16)17-11-13-18(19,14-12-17)15-7-3-1-4-8-15/h1-10,17,20H,11-14H2. The molecule has 1 N–H and O–H groups in total. The predicted molar refractivity (Wildman–Crippen MR) is 80.4 cm³/mol. The Balaban J connectivity index is 1.91. The van der Waals surface area contributed by atoms with E-state index >= 15 is 0 Å². The Labute approximate surface area is 120 Å². The molecule has 0 radical (unpaired) electrons. The minimum Gasteiger partial charge on any atom is -0.384 e. The van der Waals surface area contributed by atoms with Crippen molar-refractivity contribution in [3.05, 3.63) is 71.8 Å². The van der Waals surface area contributed by atoms with Gasteiger partial charge in [-0.2, -0.15) is 0 Å². The molecular formula is C19H20O. The molecule has 0 aromatic heterocycles.